The maximum atomic E-state index is 13.6. The summed E-state index contributed by atoms with van der Waals surface area (Å²) < 4.78 is 33.0. The molecule has 1 aromatic carbocycles. The number of anilines is 1. The van der Waals surface area contributed by atoms with Crippen molar-refractivity contribution < 1.29 is 9.50 Å². The number of pyridine rings is 1. The van der Waals surface area contributed by atoms with Crippen LogP contribution in [0.2, 0.25) is 0 Å². The van der Waals surface area contributed by atoms with E-state index < -0.39 is 36.8 Å². The summed E-state index contributed by atoms with van der Waals surface area (Å²) in [5.41, 5.74) is 4.42. The second-order valence-corrected chi connectivity index (χ2v) is 23.3. The number of β-amino-alcohol motifs (C(OH)–C–C–N with tert-alkyl or cyclic N) is 1. The standard InChI is InChI=1S/C28H31FI2N4O/c1-30-11-12-31(2)23-9-10-27(35-16-21(14-33(3)4)26(36)18-35)32-24(23)17-34-15-20(13-25(34)28(30)31)19-5-7-22(29)8-6-19/h5-13,15,21,26,36H,1-2,14,16-18H2,3-4H3/t21-,26-/m1/s1. The van der Waals surface area contributed by atoms with E-state index in [0.29, 0.717) is 13.1 Å². The molecule has 190 valence electrons. The Balaban J connectivity index is 1.43. The fourth-order valence-electron chi connectivity index (χ4n) is 5.38. The summed E-state index contributed by atoms with van der Waals surface area (Å²) >= 11 is -4.56. The molecule has 3 aliphatic heterocycles. The van der Waals surface area contributed by atoms with Gasteiger partial charge in [0, 0.05) is 0 Å². The summed E-state index contributed by atoms with van der Waals surface area (Å²) in [6, 6.07) is 13.4. The van der Waals surface area contributed by atoms with Crippen molar-refractivity contribution in [2.24, 2.45) is 5.92 Å². The number of aromatic nitrogens is 2. The Bertz CT molecular complexity index is 1510. The van der Waals surface area contributed by atoms with E-state index in [-0.39, 0.29) is 17.8 Å². The molecule has 6 rings (SSSR count). The molecule has 5 nitrogen and oxygen atoms in total. The van der Waals surface area contributed by atoms with E-state index in [1.54, 1.807) is 0 Å². The molecule has 1 saturated heterocycles. The van der Waals surface area contributed by atoms with Crippen LogP contribution in [-0.4, -0.2) is 69.9 Å². The quantitative estimate of drug-likeness (QED) is 0.401. The van der Waals surface area contributed by atoms with Gasteiger partial charge in [-0.25, -0.2) is 0 Å². The van der Waals surface area contributed by atoms with Gasteiger partial charge in [-0.1, -0.05) is 0 Å². The minimum atomic E-state index is -2.87. The van der Waals surface area contributed by atoms with Gasteiger partial charge in [0.2, 0.25) is 0 Å². The Labute approximate surface area is 221 Å². The van der Waals surface area contributed by atoms with Crippen LogP contribution in [0, 0.1) is 15.3 Å². The summed E-state index contributed by atoms with van der Waals surface area (Å²) in [5.74, 6) is 0.918. The van der Waals surface area contributed by atoms with Crippen molar-refractivity contribution in [3.05, 3.63) is 77.6 Å². The topological polar surface area (TPSA) is 44.5 Å². The first-order chi connectivity index (χ1) is 17.2. The minimum absolute atomic E-state index is 0.211. The van der Waals surface area contributed by atoms with E-state index in [0.717, 1.165) is 35.7 Å². The molecule has 0 spiro atoms. The zero-order valence-electron chi connectivity index (χ0n) is 20.5. The monoisotopic (exact) mass is 712 g/mol. The first-order valence-electron chi connectivity index (χ1n) is 11.9. The van der Waals surface area contributed by atoms with Crippen LogP contribution in [0.1, 0.15) is 11.4 Å². The van der Waals surface area contributed by atoms with Crippen LogP contribution in [-0.2, 0) is 6.54 Å². The molecule has 3 atom stereocenters. The van der Waals surface area contributed by atoms with Crippen LogP contribution in [0.25, 0.3) is 11.1 Å². The van der Waals surface area contributed by atoms with Crippen LogP contribution in [0.3, 0.4) is 0 Å². The van der Waals surface area contributed by atoms with Crippen LogP contribution < -0.4 is 4.90 Å². The fraction of sp³-hybridized carbons (Fsp3) is 0.286. The predicted octanol–water partition coefficient (Wildman–Crippen LogP) is 4.65. The molecule has 1 N–H and O–H groups in total. The number of aliphatic hydroxyl groups is 1. The van der Waals surface area contributed by atoms with Gasteiger partial charge < -0.3 is 0 Å². The summed E-state index contributed by atoms with van der Waals surface area (Å²) in [6.07, 6.45) is 1.82. The van der Waals surface area contributed by atoms with E-state index in [4.69, 9.17) is 9.50 Å². The molecule has 5 heterocycles. The summed E-state index contributed by atoms with van der Waals surface area (Å²) in [7, 11) is 4.10. The molecule has 0 aliphatic carbocycles. The average Bonchev–Trinajstić information content (AvgIpc) is 3.48. The van der Waals surface area contributed by atoms with Gasteiger partial charge in [-0.15, -0.1) is 0 Å². The second-order valence-electron chi connectivity index (χ2n) is 9.99. The van der Waals surface area contributed by atoms with E-state index in [1.807, 2.05) is 26.2 Å². The average molecular weight is 712 g/mol. The number of rotatable bonds is 4. The molecular weight excluding hydrogens is 681 g/mol. The van der Waals surface area contributed by atoms with Crippen LogP contribution in [0.15, 0.2) is 56.8 Å². The molecule has 0 radical (unpaired) electrons. The Morgan fingerprint density at radius 3 is 2.69 bits per heavy atom. The van der Waals surface area contributed by atoms with Gasteiger partial charge in [0.1, 0.15) is 0 Å². The van der Waals surface area contributed by atoms with Gasteiger partial charge >= 0.3 is 223 Å². The third-order valence-electron chi connectivity index (χ3n) is 7.11. The summed E-state index contributed by atoms with van der Waals surface area (Å²) in [6.45, 7) is 2.95. The zero-order chi connectivity index (χ0) is 25.2. The molecule has 2 aromatic heterocycles. The Morgan fingerprint density at radius 1 is 1.17 bits per heavy atom. The normalized spacial score (nSPS) is 27.0. The van der Waals surface area contributed by atoms with Crippen molar-refractivity contribution in [1.82, 2.24) is 14.5 Å². The Kier molecular flexibility index (Phi) is 6.21. The number of benzene rings is 1. The number of nitrogens with zero attached hydrogens (tertiary/aromatic N) is 4. The number of aliphatic hydroxyl groups excluding tert-OH is 1. The second kappa shape index (κ2) is 9.14. The maximum absolute atomic E-state index is 13.6. The van der Waals surface area contributed by atoms with Gasteiger partial charge in [0.05, 0.1) is 0 Å². The van der Waals surface area contributed by atoms with Gasteiger partial charge in [-0.3, -0.25) is 0 Å². The Morgan fingerprint density at radius 2 is 1.94 bits per heavy atom. The van der Waals surface area contributed by atoms with Crippen molar-refractivity contribution in [3.8, 4) is 11.1 Å². The molecular formula is C28H31FI2N4O. The van der Waals surface area contributed by atoms with Crippen LogP contribution in [0.4, 0.5) is 10.2 Å². The third-order valence-corrected chi connectivity index (χ3v) is 26.8. The molecule has 1 unspecified atom stereocenters. The van der Waals surface area contributed by atoms with E-state index in [2.05, 4.69) is 51.4 Å². The third kappa shape index (κ3) is 4.10. The van der Waals surface area contributed by atoms with Crippen molar-refractivity contribution in [2.75, 3.05) is 38.6 Å². The molecule has 1 fully saturated rings. The van der Waals surface area contributed by atoms with Crippen molar-refractivity contribution in [2.45, 2.75) is 12.6 Å². The zero-order valence-corrected chi connectivity index (χ0v) is 24.9. The van der Waals surface area contributed by atoms with Crippen molar-refractivity contribution in [1.29, 1.82) is 0 Å². The number of fused-ring (bicyclic) bond motifs is 5. The molecule has 3 aromatic rings. The summed E-state index contributed by atoms with van der Waals surface area (Å²) in [5, 5.41) is 10.7. The number of hydrogen-bond donors (Lipinski definition) is 1. The van der Waals surface area contributed by atoms with Crippen molar-refractivity contribution >= 4 is 53.2 Å². The first kappa shape index (κ1) is 24.4. The number of halogens is 3. The van der Waals surface area contributed by atoms with Gasteiger partial charge in [0.15, 0.2) is 0 Å². The SMILES string of the molecule is C=I1=C2c3cc(-c4ccc(F)cc4)cn3Cc3nc(N4C[C@@H](CN(C)C)[C@H](O)C4)ccc3I2(=C)C=C1. The van der Waals surface area contributed by atoms with E-state index in [1.165, 1.54) is 22.9 Å². The van der Waals surface area contributed by atoms with Crippen molar-refractivity contribution in [3.63, 3.8) is 0 Å². The van der Waals surface area contributed by atoms with Crippen LogP contribution in [0.5, 0.6) is 0 Å². The molecule has 3 aliphatic rings. The first-order valence-corrected chi connectivity index (χ1v) is 20.7. The summed E-state index contributed by atoms with van der Waals surface area (Å²) in [4.78, 5) is 9.57. The van der Waals surface area contributed by atoms with Crippen LogP contribution >= 0.6 is 36.8 Å². The molecule has 0 saturated carbocycles. The van der Waals surface area contributed by atoms with Gasteiger partial charge in [-0.2, -0.15) is 0 Å². The molecule has 0 bridgehead atoms. The Hall–Kier alpha value is -1.89. The molecule has 8 heteroatoms. The fourth-order valence-corrected chi connectivity index (χ4v) is 28.4. The molecule has 36 heavy (non-hydrogen) atoms. The van der Waals surface area contributed by atoms with E-state index >= 15 is 0 Å². The number of hydrogen-bond acceptors (Lipinski definition) is 4. The van der Waals surface area contributed by atoms with E-state index in [9.17, 15) is 9.50 Å². The predicted molar refractivity (Wildman–Crippen MR) is 168 cm³/mol. The molecule has 0 amide bonds. The van der Waals surface area contributed by atoms with Gasteiger partial charge in [-0.05, 0) is 0 Å². The van der Waals surface area contributed by atoms with Gasteiger partial charge in [0.25, 0.3) is 0 Å².